The van der Waals surface area contributed by atoms with Crippen LogP contribution in [0, 0.1) is 10.1 Å². The molecule has 0 bridgehead atoms. The van der Waals surface area contributed by atoms with Crippen LogP contribution in [0.15, 0.2) is 36.4 Å². The smallest absolute Gasteiger partial charge is 0.269 e. The van der Waals surface area contributed by atoms with E-state index in [1.165, 1.54) is 12.1 Å². The van der Waals surface area contributed by atoms with Gasteiger partial charge in [0.1, 0.15) is 6.10 Å². The second kappa shape index (κ2) is 4.23. The van der Waals surface area contributed by atoms with Crippen LogP contribution < -0.4 is 0 Å². The largest absolute Gasteiger partial charge is 0.369 e. The Balaban J connectivity index is 2.19. The van der Waals surface area contributed by atoms with Crippen molar-refractivity contribution >= 4 is 5.69 Å². The van der Waals surface area contributed by atoms with Gasteiger partial charge in [0.2, 0.25) is 0 Å². The second-order valence-corrected chi connectivity index (χ2v) is 3.36. The summed E-state index contributed by atoms with van der Waals surface area (Å²) in [5, 5.41) is 10.4. The second-order valence-electron chi connectivity index (χ2n) is 3.36. The van der Waals surface area contributed by atoms with Crippen LogP contribution in [0.4, 0.5) is 5.69 Å². The third kappa shape index (κ3) is 2.22. The lowest BCUT2D eigenvalue weighted by Gasteiger charge is -2.17. The first-order chi connectivity index (χ1) is 7.27. The molecule has 2 rings (SSSR count). The zero-order chi connectivity index (χ0) is 10.7. The quantitative estimate of drug-likeness (QED) is 0.423. The lowest BCUT2D eigenvalue weighted by Crippen LogP contribution is -2.06. The van der Waals surface area contributed by atoms with Crippen molar-refractivity contribution in [2.24, 2.45) is 0 Å². The van der Waals surface area contributed by atoms with Gasteiger partial charge >= 0.3 is 0 Å². The molecule has 4 heteroatoms. The molecule has 0 radical (unpaired) electrons. The van der Waals surface area contributed by atoms with Crippen LogP contribution in [-0.4, -0.2) is 11.5 Å². The van der Waals surface area contributed by atoms with Gasteiger partial charge in [-0.25, -0.2) is 0 Å². The molecule has 1 aromatic carbocycles. The van der Waals surface area contributed by atoms with Crippen molar-refractivity contribution in [3.05, 3.63) is 52.1 Å². The van der Waals surface area contributed by atoms with E-state index >= 15 is 0 Å². The minimum Gasteiger partial charge on any atom is -0.369 e. The third-order valence-electron chi connectivity index (χ3n) is 2.33. The van der Waals surface area contributed by atoms with Gasteiger partial charge < -0.3 is 4.74 Å². The maximum atomic E-state index is 10.4. The predicted molar refractivity (Wildman–Crippen MR) is 55.5 cm³/mol. The van der Waals surface area contributed by atoms with E-state index in [4.69, 9.17) is 4.74 Å². The van der Waals surface area contributed by atoms with Gasteiger partial charge in [-0.3, -0.25) is 10.1 Å². The van der Waals surface area contributed by atoms with Crippen molar-refractivity contribution in [1.29, 1.82) is 0 Å². The Bertz CT molecular complexity index is 383. The molecule has 0 saturated carbocycles. The van der Waals surface area contributed by atoms with E-state index in [1.54, 1.807) is 12.1 Å². The fourth-order valence-corrected chi connectivity index (χ4v) is 1.53. The molecule has 78 valence electrons. The van der Waals surface area contributed by atoms with Crippen LogP contribution >= 0.6 is 0 Å². The summed E-state index contributed by atoms with van der Waals surface area (Å²) in [7, 11) is 0. The molecule has 1 atom stereocenters. The first-order valence-corrected chi connectivity index (χ1v) is 4.80. The maximum Gasteiger partial charge on any atom is 0.269 e. The SMILES string of the molecule is O=[N+]([O-])c1ccc(C2C=CCCO2)cc1. The van der Waals surface area contributed by atoms with E-state index in [0.29, 0.717) is 6.61 Å². The number of non-ortho nitro benzene ring substituents is 1. The van der Waals surface area contributed by atoms with Crippen molar-refractivity contribution < 1.29 is 9.66 Å². The van der Waals surface area contributed by atoms with Crippen LogP contribution in [0.5, 0.6) is 0 Å². The zero-order valence-electron chi connectivity index (χ0n) is 8.13. The third-order valence-corrected chi connectivity index (χ3v) is 2.33. The highest BCUT2D eigenvalue weighted by Gasteiger charge is 2.12. The molecule has 0 N–H and O–H groups in total. The Labute approximate surface area is 87.3 Å². The molecule has 0 aliphatic carbocycles. The topological polar surface area (TPSA) is 52.4 Å². The van der Waals surface area contributed by atoms with Gasteiger partial charge in [0, 0.05) is 12.1 Å². The summed E-state index contributed by atoms with van der Waals surface area (Å²) in [6.45, 7) is 0.707. The normalized spacial score (nSPS) is 20.1. The molecule has 0 aromatic heterocycles. The summed E-state index contributed by atoms with van der Waals surface area (Å²) in [5.41, 5.74) is 1.06. The highest BCUT2D eigenvalue weighted by Crippen LogP contribution is 2.24. The summed E-state index contributed by atoms with van der Waals surface area (Å²) >= 11 is 0. The molecule has 1 aliphatic heterocycles. The Morgan fingerprint density at radius 2 is 2.07 bits per heavy atom. The molecular formula is C11H11NO3. The molecule has 0 saturated heterocycles. The molecule has 0 spiro atoms. The average Bonchev–Trinajstić information content (AvgIpc) is 2.30. The van der Waals surface area contributed by atoms with E-state index in [1.807, 2.05) is 6.08 Å². The molecule has 1 unspecified atom stereocenters. The Morgan fingerprint density at radius 1 is 1.33 bits per heavy atom. The van der Waals surface area contributed by atoms with Gasteiger partial charge in [0.05, 0.1) is 11.5 Å². The number of rotatable bonds is 2. The van der Waals surface area contributed by atoms with Gasteiger partial charge in [0.25, 0.3) is 5.69 Å². The van der Waals surface area contributed by atoms with Crippen LogP contribution in [0.3, 0.4) is 0 Å². The van der Waals surface area contributed by atoms with Gasteiger partial charge in [-0.15, -0.1) is 0 Å². The Morgan fingerprint density at radius 3 is 2.60 bits per heavy atom. The fourth-order valence-electron chi connectivity index (χ4n) is 1.53. The van der Waals surface area contributed by atoms with E-state index in [-0.39, 0.29) is 11.8 Å². The number of nitro groups is 1. The van der Waals surface area contributed by atoms with Crippen molar-refractivity contribution in [3.63, 3.8) is 0 Å². The minimum atomic E-state index is -0.401. The molecule has 4 nitrogen and oxygen atoms in total. The van der Waals surface area contributed by atoms with Crippen molar-refractivity contribution in [2.45, 2.75) is 12.5 Å². The van der Waals surface area contributed by atoms with Crippen molar-refractivity contribution in [1.82, 2.24) is 0 Å². The number of nitrogens with zero attached hydrogens (tertiary/aromatic N) is 1. The van der Waals surface area contributed by atoms with Crippen LogP contribution in [-0.2, 0) is 4.74 Å². The minimum absolute atomic E-state index is 0.0560. The van der Waals surface area contributed by atoms with E-state index in [2.05, 4.69) is 6.08 Å². The van der Waals surface area contributed by atoms with Gasteiger partial charge in [-0.1, -0.05) is 12.2 Å². The summed E-state index contributed by atoms with van der Waals surface area (Å²) in [6.07, 6.45) is 4.92. The Kier molecular flexibility index (Phi) is 2.78. The molecular weight excluding hydrogens is 194 g/mol. The standard InChI is InChI=1S/C11H11NO3/c13-12(14)10-6-4-9(5-7-10)11-3-1-2-8-15-11/h1,3-7,11H,2,8H2. The van der Waals surface area contributed by atoms with E-state index in [0.717, 1.165) is 12.0 Å². The monoisotopic (exact) mass is 205 g/mol. The molecule has 15 heavy (non-hydrogen) atoms. The first-order valence-electron chi connectivity index (χ1n) is 4.80. The molecule has 0 fully saturated rings. The van der Waals surface area contributed by atoms with Crippen molar-refractivity contribution in [2.75, 3.05) is 6.61 Å². The number of hydrogen-bond acceptors (Lipinski definition) is 3. The molecule has 1 aromatic rings. The highest BCUT2D eigenvalue weighted by atomic mass is 16.6. The maximum absolute atomic E-state index is 10.4. The summed E-state index contributed by atoms with van der Waals surface area (Å²) in [6, 6.07) is 6.47. The number of benzene rings is 1. The number of ether oxygens (including phenoxy) is 1. The fraction of sp³-hybridized carbons (Fsp3) is 0.273. The molecule has 1 aliphatic rings. The molecule has 0 amide bonds. The van der Waals surface area contributed by atoms with Gasteiger partial charge in [-0.2, -0.15) is 0 Å². The zero-order valence-corrected chi connectivity index (χ0v) is 8.13. The van der Waals surface area contributed by atoms with E-state index in [9.17, 15) is 10.1 Å². The average molecular weight is 205 g/mol. The highest BCUT2D eigenvalue weighted by molar-refractivity contribution is 5.35. The Hall–Kier alpha value is -1.68. The van der Waals surface area contributed by atoms with Gasteiger partial charge in [-0.05, 0) is 24.1 Å². The van der Waals surface area contributed by atoms with Crippen molar-refractivity contribution in [3.8, 4) is 0 Å². The van der Waals surface area contributed by atoms with Crippen LogP contribution in [0.1, 0.15) is 18.1 Å². The van der Waals surface area contributed by atoms with Crippen LogP contribution in [0.25, 0.3) is 0 Å². The number of nitro benzene ring substituents is 1. The first kappa shape index (κ1) is 9.86. The summed E-state index contributed by atoms with van der Waals surface area (Å²) in [5.74, 6) is 0. The van der Waals surface area contributed by atoms with Crippen LogP contribution in [0.2, 0.25) is 0 Å². The summed E-state index contributed by atoms with van der Waals surface area (Å²) < 4.78 is 5.51. The van der Waals surface area contributed by atoms with E-state index < -0.39 is 4.92 Å². The number of hydrogen-bond donors (Lipinski definition) is 0. The van der Waals surface area contributed by atoms with Gasteiger partial charge in [0.15, 0.2) is 0 Å². The summed E-state index contributed by atoms with van der Waals surface area (Å²) in [4.78, 5) is 10.0. The lowest BCUT2D eigenvalue weighted by molar-refractivity contribution is -0.384. The lowest BCUT2D eigenvalue weighted by atomic mass is 10.1. The molecule has 1 heterocycles. The predicted octanol–water partition coefficient (Wildman–Crippen LogP) is 2.61.